The lowest BCUT2D eigenvalue weighted by Crippen LogP contribution is -2.06. The highest BCUT2D eigenvalue weighted by molar-refractivity contribution is 5.33. The molecule has 4 heteroatoms. The number of nitrogens with zero attached hydrogens (tertiary/aromatic N) is 2. The SMILES string of the molecule is N#Cc1ccc(Cn2ccc(=O)cc2)c(F)c1. The van der Waals surface area contributed by atoms with Crippen molar-refractivity contribution in [2.45, 2.75) is 6.54 Å². The van der Waals surface area contributed by atoms with Crippen LogP contribution in [0.3, 0.4) is 0 Å². The number of halogens is 1. The smallest absolute Gasteiger partial charge is 0.181 e. The molecule has 2 rings (SSSR count). The first-order valence-corrected chi connectivity index (χ1v) is 5.03. The first-order chi connectivity index (χ1) is 8.19. The maximum Gasteiger partial charge on any atom is 0.181 e. The number of aromatic nitrogens is 1. The molecule has 84 valence electrons. The Bertz CT molecular complexity index is 620. The summed E-state index contributed by atoms with van der Waals surface area (Å²) in [5, 5.41) is 8.62. The van der Waals surface area contributed by atoms with E-state index >= 15 is 0 Å². The highest BCUT2D eigenvalue weighted by Gasteiger charge is 2.03. The van der Waals surface area contributed by atoms with Gasteiger partial charge in [0.15, 0.2) is 5.43 Å². The van der Waals surface area contributed by atoms with Gasteiger partial charge in [-0.05, 0) is 12.1 Å². The molecule has 0 N–H and O–H groups in total. The summed E-state index contributed by atoms with van der Waals surface area (Å²) in [6, 6.07) is 9.07. The second-order valence-electron chi connectivity index (χ2n) is 3.62. The molecule has 1 aromatic carbocycles. The average molecular weight is 228 g/mol. The fraction of sp³-hybridized carbons (Fsp3) is 0.0769. The van der Waals surface area contributed by atoms with Gasteiger partial charge in [-0.3, -0.25) is 4.79 Å². The summed E-state index contributed by atoms with van der Waals surface area (Å²) < 4.78 is 15.3. The van der Waals surface area contributed by atoms with Gasteiger partial charge in [0, 0.05) is 36.6 Å². The zero-order valence-corrected chi connectivity index (χ0v) is 8.93. The van der Waals surface area contributed by atoms with Crippen LogP contribution in [0, 0.1) is 17.1 Å². The van der Waals surface area contributed by atoms with E-state index in [1.807, 2.05) is 6.07 Å². The van der Waals surface area contributed by atoms with Gasteiger partial charge in [0.2, 0.25) is 0 Å². The Hall–Kier alpha value is -2.41. The zero-order chi connectivity index (χ0) is 12.3. The molecule has 3 nitrogen and oxygen atoms in total. The predicted octanol–water partition coefficient (Wildman–Crippen LogP) is 1.91. The van der Waals surface area contributed by atoms with Gasteiger partial charge in [-0.15, -0.1) is 0 Å². The van der Waals surface area contributed by atoms with Crippen LogP contribution in [0.2, 0.25) is 0 Å². The van der Waals surface area contributed by atoms with Gasteiger partial charge in [0.05, 0.1) is 11.6 Å². The zero-order valence-electron chi connectivity index (χ0n) is 8.93. The van der Waals surface area contributed by atoms with Crippen molar-refractivity contribution in [1.29, 1.82) is 5.26 Å². The van der Waals surface area contributed by atoms with E-state index in [-0.39, 0.29) is 5.43 Å². The molecule has 0 unspecified atom stereocenters. The fourth-order valence-electron chi connectivity index (χ4n) is 1.49. The van der Waals surface area contributed by atoms with Gasteiger partial charge in [-0.1, -0.05) is 6.07 Å². The van der Waals surface area contributed by atoms with E-state index in [4.69, 9.17) is 5.26 Å². The lowest BCUT2D eigenvalue weighted by molar-refractivity contribution is 0.598. The lowest BCUT2D eigenvalue weighted by Gasteiger charge is -2.06. The molecular weight excluding hydrogens is 219 g/mol. The van der Waals surface area contributed by atoms with Crippen LogP contribution in [-0.2, 0) is 6.54 Å². The molecule has 0 aliphatic carbocycles. The summed E-state index contributed by atoms with van der Waals surface area (Å²) in [7, 11) is 0. The van der Waals surface area contributed by atoms with Crippen LogP contribution in [0.1, 0.15) is 11.1 Å². The Kier molecular flexibility index (Phi) is 3.01. The molecule has 0 saturated heterocycles. The summed E-state index contributed by atoms with van der Waals surface area (Å²) in [6.07, 6.45) is 3.19. The van der Waals surface area contributed by atoms with Crippen molar-refractivity contribution < 1.29 is 4.39 Å². The number of hydrogen-bond acceptors (Lipinski definition) is 2. The third-order valence-corrected chi connectivity index (χ3v) is 2.40. The van der Waals surface area contributed by atoms with Crippen LogP contribution in [0.15, 0.2) is 47.5 Å². The van der Waals surface area contributed by atoms with Gasteiger partial charge in [-0.25, -0.2) is 4.39 Å². The molecule has 17 heavy (non-hydrogen) atoms. The Balaban J connectivity index is 2.28. The third kappa shape index (κ3) is 2.58. The van der Waals surface area contributed by atoms with Crippen LogP contribution in [-0.4, -0.2) is 4.57 Å². The minimum Gasteiger partial charge on any atom is -0.350 e. The molecule has 0 amide bonds. The Morgan fingerprint density at radius 2 is 1.94 bits per heavy atom. The molecule has 0 bridgehead atoms. The molecule has 0 radical (unpaired) electrons. The Morgan fingerprint density at radius 3 is 2.53 bits per heavy atom. The van der Waals surface area contributed by atoms with Crippen LogP contribution in [0.25, 0.3) is 0 Å². The molecule has 0 aliphatic rings. The summed E-state index contributed by atoms with van der Waals surface area (Å²) in [5.74, 6) is -0.414. The first-order valence-electron chi connectivity index (χ1n) is 5.03. The normalized spacial score (nSPS) is 9.88. The summed E-state index contributed by atoms with van der Waals surface area (Å²) in [6.45, 7) is 0.331. The van der Waals surface area contributed by atoms with Crippen molar-refractivity contribution in [3.63, 3.8) is 0 Å². The van der Waals surface area contributed by atoms with E-state index in [0.29, 0.717) is 17.7 Å². The van der Waals surface area contributed by atoms with E-state index in [1.165, 1.54) is 18.2 Å². The first kappa shape index (κ1) is 11.1. The van der Waals surface area contributed by atoms with Gasteiger partial charge in [0.25, 0.3) is 0 Å². The second kappa shape index (κ2) is 4.62. The quantitative estimate of drug-likeness (QED) is 0.788. The van der Waals surface area contributed by atoms with Gasteiger partial charge >= 0.3 is 0 Å². The molecule has 1 heterocycles. The monoisotopic (exact) mass is 228 g/mol. The van der Waals surface area contributed by atoms with Crippen molar-refractivity contribution in [2.24, 2.45) is 0 Å². The molecule has 1 aromatic heterocycles. The highest BCUT2D eigenvalue weighted by Crippen LogP contribution is 2.11. The van der Waals surface area contributed by atoms with E-state index in [2.05, 4.69) is 0 Å². The molecule has 0 aliphatic heterocycles. The number of pyridine rings is 1. The topological polar surface area (TPSA) is 45.8 Å². The minimum atomic E-state index is -0.414. The number of benzene rings is 1. The largest absolute Gasteiger partial charge is 0.350 e. The summed E-state index contributed by atoms with van der Waals surface area (Å²) in [4.78, 5) is 10.9. The predicted molar refractivity (Wildman–Crippen MR) is 60.9 cm³/mol. The van der Waals surface area contributed by atoms with Crippen LogP contribution >= 0.6 is 0 Å². The van der Waals surface area contributed by atoms with Crippen molar-refractivity contribution in [3.05, 3.63) is 69.9 Å². The van der Waals surface area contributed by atoms with Crippen molar-refractivity contribution in [3.8, 4) is 6.07 Å². The molecule has 0 atom stereocenters. The second-order valence-corrected chi connectivity index (χ2v) is 3.62. The van der Waals surface area contributed by atoms with Gasteiger partial charge in [0.1, 0.15) is 5.82 Å². The fourth-order valence-corrected chi connectivity index (χ4v) is 1.49. The maximum atomic E-state index is 13.6. The molecule has 0 spiro atoms. The van der Waals surface area contributed by atoms with Crippen molar-refractivity contribution in [1.82, 2.24) is 4.57 Å². The molecule has 0 fully saturated rings. The summed E-state index contributed by atoms with van der Waals surface area (Å²) >= 11 is 0. The Morgan fingerprint density at radius 1 is 1.24 bits per heavy atom. The van der Waals surface area contributed by atoms with E-state index in [9.17, 15) is 9.18 Å². The van der Waals surface area contributed by atoms with Crippen LogP contribution < -0.4 is 5.43 Å². The minimum absolute atomic E-state index is 0.0819. The summed E-state index contributed by atoms with van der Waals surface area (Å²) in [5.41, 5.74) is 0.695. The Labute approximate surface area is 97.4 Å². The number of rotatable bonds is 2. The van der Waals surface area contributed by atoms with Crippen LogP contribution in [0.4, 0.5) is 4.39 Å². The van der Waals surface area contributed by atoms with Crippen LogP contribution in [0.5, 0.6) is 0 Å². The molecular formula is C13H9FN2O. The molecule has 0 saturated carbocycles. The average Bonchev–Trinajstić information content (AvgIpc) is 2.34. The van der Waals surface area contributed by atoms with E-state index in [1.54, 1.807) is 29.1 Å². The lowest BCUT2D eigenvalue weighted by atomic mass is 10.1. The van der Waals surface area contributed by atoms with E-state index < -0.39 is 5.82 Å². The third-order valence-electron chi connectivity index (χ3n) is 2.40. The van der Waals surface area contributed by atoms with Gasteiger partial charge in [-0.2, -0.15) is 5.26 Å². The number of nitriles is 1. The highest BCUT2D eigenvalue weighted by atomic mass is 19.1. The van der Waals surface area contributed by atoms with E-state index in [0.717, 1.165) is 0 Å². The standard InChI is InChI=1S/C13H9FN2O/c14-13-7-10(8-15)1-2-11(13)9-16-5-3-12(17)4-6-16/h1-7H,9H2. The van der Waals surface area contributed by atoms with Crippen molar-refractivity contribution in [2.75, 3.05) is 0 Å². The van der Waals surface area contributed by atoms with Crippen molar-refractivity contribution >= 4 is 0 Å². The van der Waals surface area contributed by atoms with Gasteiger partial charge < -0.3 is 4.57 Å². The maximum absolute atomic E-state index is 13.6. The molecule has 2 aromatic rings. The number of hydrogen-bond donors (Lipinski definition) is 0.